The second-order valence-corrected chi connectivity index (χ2v) is 4.90. The summed E-state index contributed by atoms with van der Waals surface area (Å²) < 4.78 is 5.55. The zero-order chi connectivity index (χ0) is 13.1. The van der Waals surface area contributed by atoms with Gasteiger partial charge in [0.2, 0.25) is 5.13 Å². The molecule has 3 rings (SSSR count). The molecule has 0 fully saturated rings. The number of nitrogens with one attached hydrogen (secondary N) is 2. The third-order valence-electron chi connectivity index (χ3n) is 2.84. The lowest BCUT2D eigenvalue weighted by Gasteiger charge is -2.26. The highest BCUT2D eigenvalue weighted by molar-refractivity contribution is 7.13. The average molecular weight is 276 g/mol. The van der Waals surface area contributed by atoms with Crippen molar-refractivity contribution in [3.8, 4) is 5.75 Å². The van der Waals surface area contributed by atoms with Crippen LogP contribution in [0.25, 0.3) is 0 Å². The van der Waals surface area contributed by atoms with Crippen LogP contribution < -0.4 is 15.4 Å². The SMILES string of the molecule is O=C(Nc1nncs1)N[C@@H]1CCOc2ccccc21. The number of anilines is 1. The molecule has 1 aromatic carbocycles. The number of hydrogen-bond acceptors (Lipinski definition) is 5. The third kappa shape index (κ3) is 2.65. The van der Waals surface area contributed by atoms with Crippen molar-refractivity contribution in [2.45, 2.75) is 12.5 Å². The van der Waals surface area contributed by atoms with Gasteiger partial charge in [-0.1, -0.05) is 29.5 Å². The maximum Gasteiger partial charge on any atom is 0.321 e. The van der Waals surface area contributed by atoms with Gasteiger partial charge in [-0.15, -0.1) is 10.2 Å². The van der Waals surface area contributed by atoms with Gasteiger partial charge in [0, 0.05) is 12.0 Å². The van der Waals surface area contributed by atoms with E-state index in [9.17, 15) is 4.79 Å². The first kappa shape index (κ1) is 11.9. The van der Waals surface area contributed by atoms with Crippen LogP contribution in [0, 0.1) is 0 Å². The molecule has 1 aliphatic rings. The number of ether oxygens (including phenoxy) is 1. The number of amides is 2. The predicted octanol–water partition coefficient (Wildman–Crippen LogP) is 2.18. The molecule has 2 N–H and O–H groups in total. The maximum atomic E-state index is 11.9. The fourth-order valence-corrected chi connectivity index (χ4v) is 2.45. The highest BCUT2D eigenvalue weighted by Crippen LogP contribution is 2.31. The molecule has 7 heteroatoms. The minimum atomic E-state index is -0.279. The molecular formula is C12H12N4O2S. The number of nitrogens with zero attached hydrogens (tertiary/aromatic N) is 2. The van der Waals surface area contributed by atoms with Crippen molar-refractivity contribution in [1.82, 2.24) is 15.5 Å². The molecule has 0 saturated carbocycles. The van der Waals surface area contributed by atoms with Crippen molar-refractivity contribution in [2.24, 2.45) is 0 Å². The standard InChI is InChI=1S/C12H12N4O2S/c17-11(15-12-16-13-7-19-12)14-9-5-6-18-10-4-2-1-3-8(9)10/h1-4,7,9H,5-6H2,(H2,14,15,16,17)/t9-/m1/s1. The van der Waals surface area contributed by atoms with Crippen LogP contribution in [0.15, 0.2) is 29.8 Å². The van der Waals surface area contributed by atoms with Crippen LogP contribution >= 0.6 is 11.3 Å². The van der Waals surface area contributed by atoms with E-state index in [2.05, 4.69) is 20.8 Å². The smallest absolute Gasteiger partial charge is 0.321 e. The third-order valence-corrected chi connectivity index (χ3v) is 3.45. The number of carbonyl (C=O) groups excluding carboxylic acids is 1. The molecule has 1 aromatic heterocycles. The highest BCUT2D eigenvalue weighted by atomic mass is 32.1. The summed E-state index contributed by atoms with van der Waals surface area (Å²) in [5, 5.41) is 13.5. The zero-order valence-corrected chi connectivity index (χ0v) is 10.8. The van der Waals surface area contributed by atoms with Crippen LogP contribution in [0.5, 0.6) is 5.75 Å². The van der Waals surface area contributed by atoms with Crippen molar-refractivity contribution in [3.63, 3.8) is 0 Å². The number of rotatable bonds is 2. The number of hydrogen-bond donors (Lipinski definition) is 2. The number of benzene rings is 1. The van der Waals surface area contributed by atoms with Gasteiger partial charge < -0.3 is 10.1 Å². The Morgan fingerprint density at radius 3 is 3.16 bits per heavy atom. The molecule has 98 valence electrons. The van der Waals surface area contributed by atoms with Gasteiger partial charge in [0.1, 0.15) is 11.3 Å². The molecule has 1 atom stereocenters. The van der Waals surface area contributed by atoms with Gasteiger partial charge in [-0.2, -0.15) is 0 Å². The van der Waals surface area contributed by atoms with E-state index in [0.717, 1.165) is 17.7 Å². The van der Waals surface area contributed by atoms with Gasteiger partial charge in [-0.3, -0.25) is 5.32 Å². The molecular weight excluding hydrogens is 264 g/mol. The fourth-order valence-electron chi connectivity index (χ4n) is 2.01. The quantitative estimate of drug-likeness (QED) is 0.881. The molecule has 2 amide bonds. The van der Waals surface area contributed by atoms with Crippen LogP contribution in [0.1, 0.15) is 18.0 Å². The lowest BCUT2D eigenvalue weighted by molar-refractivity contribution is 0.232. The Morgan fingerprint density at radius 1 is 1.42 bits per heavy atom. The van der Waals surface area contributed by atoms with Crippen molar-refractivity contribution in [1.29, 1.82) is 0 Å². The first-order chi connectivity index (χ1) is 9.33. The monoisotopic (exact) mass is 276 g/mol. The minimum absolute atomic E-state index is 0.0436. The Labute approximate surface area is 113 Å². The molecule has 0 radical (unpaired) electrons. The molecule has 0 unspecified atom stereocenters. The van der Waals surface area contributed by atoms with Crippen molar-refractivity contribution in [2.75, 3.05) is 11.9 Å². The zero-order valence-electron chi connectivity index (χ0n) is 10.00. The summed E-state index contributed by atoms with van der Waals surface area (Å²) in [6.45, 7) is 0.598. The second-order valence-electron chi connectivity index (χ2n) is 4.07. The number of carbonyl (C=O) groups is 1. The predicted molar refractivity (Wildman–Crippen MR) is 71.4 cm³/mol. The number of fused-ring (bicyclic) bond motifs is 1. The maximum absolute atomic E-state index is 11.9. The molecule has 0 spiro atoms. The van der Waals surface area contributed by atoms with Gasteiger partial charge in [-0.05, 0) is 6.07 Å². The van der Waals surface area contributed by atoms with Crippen LogP contribution in [0.4, 0.5) is 9.93 Å². The first-order valence-electron chi connectivity index (χ1n) is 5.88. The van der Waals surface area contributed by atoms with Crippen LogP contribution in [-0.2, 0) is 0 Å². The largest absolute Gasteiger partial charge is 0.493 e. The Kier molecular flexibility index (Phi) is 3.28. The van der Waals surface area contributed by atoms with Gasteiger partial charge in [0.05, 0.1) is 12.6 Å². The summed E-state index contributed by atoms with van der Waals surface area (Å²) in [5.74, 6) is 0.829. The molecule has 0 bridgehead atoms. The van der Waals surface area contributed by atoms with Gasteiger partial charge in [0.15, 0.2) is 0 Å². The van der Waals surface area contributed by atoms with Crippen LogP contribution in [0.2, 0.25) is 0 Å². The van der Waals surface area contributed by atoms with Crippen molar-refractivity contribution < 1.29 is 9.53 Å². The van der Waals surface area contributed by atoms with E-state index in [1.165, 1.54) is 11.3 Å². The normalized spacial score (nSPS) is 17.2. The van der Waals surface area contributed by atoms with E-state index in [0.29, 0.717) is 11.7 Å². The van der Waals surface area contributed by atoms with Gasteiger partial charge in [-0.25, -0.2) is 4.79 Å². The highest BCUT2D eigenvalue weighted by Gasteiger charge is 2.22. The number of urea groups is 1. The van der Waals surface area contributed by atoms with E-state index in [1.807, 2.05) is 24.3 Å². The molecule has 6 nitrogen and oxygen atoms in total. The number of para-hydroxylation sites is 1. The summed E-state index contributed by atoms with van der Waals surface area (Å²) in [4.78, 5) is 11.9. The fraction of sp³-hybridized carbons (Fsp3) is 0.250. The Balaban J connectivity index is 1.69. The minimum Gasteiger partial charge on any atom is -0.493 e. The molecule has 2 heterocycles. The summed E-state index contributed by atoms with van der Waals surface area (Å²) >= 11 is 1.28. The molecule has 0 saturated heterocycles. The second kappa shape index (κ2) is 5.23. The Morgan fingerprint density at radius 2 is 2.32 bits per heavy atom. The van der Waals surface area contributed by atoms with Crippen LogP contribution in [-0.4, -0.2) is 22.8 Å². The molecule has 0 aliphatic carbocycles. The summed E-state index contributed by atoms with van der Waals surface area (Å²) in [5.41, 5.74) is 2.57. The molecule has 1 aliphatic heterocycles. The van der Waals surface area contributed by atoms with Gasteiger partial charge >= 0.3 is 6.03 Å². The van der Waals surface area contributed by atoms with E-state index in [1.54, 1.807) is 5.51 Å². The average Bonchev–Trinajstić information content (AvgIpc) is 2.92. The Hall–Kier alpha value is -2.15. The summed E-state index contributed by atoms with van der Waals surface area (Å²) in [6.07, 6.45) is 0.751. The van der Waals surface area contributed by atoms with Gasteiger partial charge in [0.25, 0.3) is 0 Å². The topological polar surface area (TPSA) is 76.1 Å². The van der Waals surface area contributed by atoms with E-state index in [-0.39, 0.29) is 12.1 Å². The summed E-state index contributed by atoms with van der Waals surface area (Å²) in [6, 6.07) is 7.40. The Bertz CT molecular complexity index is 573. The number of aromatic nitrogens is 2. The van der Waals surface area contributed by atoms with Crippen LogP contribution in [0.3, 0.4) is 0 Å². The van der Waals surface area contributed by atoms with E-state index < -0.39 is 0 Å². The van der Waals surface area contributed by atoms with Crippen molar-refractivity contribution in [3.05, 3.63) is 35.3 Å². The first-order valence-corrected chi connectivity index (χ1v) is 6.76. The van der Waals surface area contributed by atoms with E-state index in [4.69, 9.17) is 4.74 Å². The van der Waals surface area contributed by atoms with Crippen molar-refractivity contribution >= 4 is 22.5 Å². The lowest BCUT2D eigenvalue weighted by Crippen LogP contribution is -2.35. The lowest BCUT2D eigenvalue weighted by atomic mass is 10.0. The summed E-state index contributed by atoms with van der Waals surface area (Å²) in [7, 11) is 0. The molecule has 2 aromatic rings. The molecule has 19 heavy (non-hydrogen) atoms. The van der Waals surface area contributed by atoms with E-state index >= 15 is 0 Å².